The Morgan fingerprint density at radius 1 is 1.21 bits per heavy atom. The number of aryl methyl sites for hydroxylation is 1. The molecule has 0 aliphatic heterocycles. The number of nitrogens with zero attached hydrogens (tertiary/aromatic N) is 3. The minimum Gasteiger partial charge on any atom is -0.473 e. The average molecular weight is 326 g/mol. The topological polar surface area (TPSA) is 64.3 Å². The molecule has 5 nitrogen and oxygen atoms in total. The van der Waals surface area contributed by atoms with E-state index in [1.54, 1.807) is 6.33 Å². The smallest absolute Gasteiger partial charge is 0.242 e. The molecule has 0 spiro atoms. The Bertz CT molecular complexity index is 683. The Balaban J connectivity index is 1.88. The predicted octanol–water partition coefficient (Wildman–Crippen LogP) is 4.24. The van der Waals surface area contributed by atoms with Gasteiger partial charge in [-0.05, 0) is 57.2 Å². The Morgan fingerprint density at radius 2 is 2.00 bits per heavy atom. The van der Waals surface area contributed by atoms with E-state index < -0.39 is 0 Å². The van der Waals surface area contributed by atoms with Gasteiger partial charge in [0.15, 0.2) is 5.82 Å². The summed E-state index contributed by atoms with van der Waals surface area (Å²) in [7, 11) is 0. The van der Waals surface area contributed by atoms with Crippen molar-refractivity contribution in [2.75, 3.05) is 17.2 Å². The van der Waals surface area contributed by atoms with E-state index in [1.807, 2.05) is 6.07 Å². The molecule has 128 valence electrons. The van der Waals surface area contributed by atoms with Crippen molar-refractivity contribution >= 4 is 17.2 Å². The van der Waals surface area contributed by atoms with Gasteiger partial charge in [0.25, 0.3) is 0 Å². The average Bonchev–Trinajstić information content (AvgIpc) is 2.60. The standard InChI is InChI=1S/C19H26N4O/c1-3-23(15-9-7-8-14(2)12-15)18-17(20)19(22-13-21-18)24-16-10-5-4-6-11-16/h7-9,12-13,16H,3-6,10-11,20H2,1-2H3. The number of nitrogens with two attached hydrogens (primary N) is 1. The first-order valence-corrected chi connectivity index (χ1v) is 8.80. The zero-order valence-electron chi connectivity index (χ0n) is 14.5. The van der Waals surface area contributed by atoms with E-state index in [9.17, 15) is 0 Å². The first-order chi connectivity index (χ1) is 11.7. The van der Waals surface area contributed by atoms with Crippen LogP contribution in [0.1, 0.15) is 44.6 Å². The molecule has 1 fully saturated rings. The van der Waals surface area contributed by atoms with Gasteiger partial charge in [0.05, 0.1) is 0 Å². The van der Waals surface area contributed by atoms with Crippen molar-refractivity contribution in [3.8, 4) is 5.88 Å². The summed E-state index contributed by atoms with van der Waals surface area (Å²) in [5.41, 5.74) is 9.16. The molecule has 1 aliphatic rings. The fraction of sp³-hybridized carbons (Fsp3) is 0.474. The predicted molar refractivity (Wildman–Crippen MR) is 97.8 cm³/mol. The molecule has 2 aromatic rings. The molecule has 1 aliphatic carbocycles. The van der Waals surface area contributed by atoms with Crippen molar-refractivity contribution in [1.29, 1.82) is 0 Å². The summed E-state index contributed by atoms with van der Waals surface area (Å²) in [5.74, 6) is 1.22. The molecule has 0 bridgehead atoms. The highest BCUT2D eigenvalue weighted by atomic mass is 16.5. The molecule has 5 heteroatoms. The van der Waals surface area contributed by atoms with E-state index in [1.165, 1.54) is 24.8 Å². The number of rotatable bonds is 5. The molecule has 1 saturated carbocycles. The van der Waals surface area contributed by atoms with Crippen LogP contribution in [0.5, 0.6) is 5.88 Å². The van der Waals surface area contributed by atoms with Crippen LogP contribution in [0.4, 0.5) is 17.2 Å². The van der Waals surface area contributed by atoms with Gasteiger partial charge in [-0.3, -0.25) is 0 Å². The highest BCUT2D eigenvalue weighted by molar-refractivity contribution is 5.74. The van der Waals surface area contributed by atoms with Crippen LogP contribution in [0.15, 0.2) is 30.6 Å². The van der Waals surface area contributed by atoms with Gasteiger partial charge in [-0.15, -0.1) is 0 Å². The van der Waals surface area contributed by atoms with Gasteiger partial charge < -0.3 is 15.4 Å². The lowest BCUT2D eigenvalue weighted by atomic mass is 9.98. The molecule has 0 radical (unpaired) electrons. The minimum absolute atomic E-state index is 0.220. The van der Waals surface area contributed by atoms with Gasteiger partial charge in [0.1, 0.15) is 18.1 Å². The zero-order chi connectivity index (χ0) is 16.9. The molecule has 0 saturated heterocycles. The third-order valence-electron chi connectivity index (χ3n) is 4.54. The van der Waals surface area contributed by atoms with Crippen molar-refractivity contribution in [1.82, 2.24) is 9.97 Å². The molecule has 0 amide bonds. The molecule has 0 unspecified atom stereocenters. The summed E-state index contributed by atoms with van der Waals surface area (Å²) >= 11 is 0. The molecule has 24 heavy (non-hydrogen) atoms. The van der Waals surface area contributed by atoms with E-state index in [-0.39, 0.29) is 6.10 Å². The van der Waals surface area contributed by atoms with Crippen molar-refractivity contribution in [3.63, 3.8) is 0 Å². The second-order valence-corrected chi connectivity index (χ2v) is 6.38. The van der Waals surface area contributed by atoms with Crippen LogP contribution in [0.2, 0.25) is 0 Å². The van der Waals surface area contributed by atoms with E-state index in [4.69, 9.17) is 10.5 Å². The lowest BCUT2D eigenvalue weighted by molar-refractivity contribution is 0.149. The molecule has 1 heterocycles. The third-order valence-corrected chi connectivity index (χ3v) is 4.54. The Labute approximate surface area is 143 Å². The highest BCUT2D eigenvalue weighted by Crippen LogP contribution is 2.34. The van der Waals surface area contributed by atoms with Crippen LogP contribution in [-0.2, 0) is 0 Å². The maximum Gasteiger partial charge on any atom is 0.242 e. The number of anilines is 3. The maximum absolute atomic E-state index is 6.36. The number of hydrogen-bond donors (Lipinski definition) is 1. The maximum atomic E-state index is 6.36. The number of nitrogen functional groups attached to an aromatic ring is 1. The highest BCUT2D eigenvalue weighted by Gasteiger charge is 2.20. The molecule has 3 rings (SSSR count). The van der Waals surface area contributed by atoms with E-state index in [0.29, 0.717) is 17.4 Å². The molecular formula is C19H26N4O. The van der Waals surface area contributed by atoms with Crippen LogP contribution >= 0.6 is 0 Å². The monoisotopic (exact) mass is 326 g/mol. The second kappa shape index (κ2) is 7.51. The van der Waals surface area contributed by atoms with Crippen molar-refractivity contribution in [2.45, 2.75) is 52.1 Å². The largest absolute Gasteiger partial charge is 0.473 e. The first-order valence-electron chi connectivity index (χ1n) is 8.80. The summed E-state index contributed by atoms with van der Waals surface area (Å²) in [5, 5.41) is 0. The summed E-state index contributed by atoms with van der Waals surface area (Å²) in [6.45, 7) is 4.94. The van der Waals surface area contributed by atoms with Crippen LogP contribution in [0.25, 0.3) is 0 Å². The third kappa shape index (κ3) is 3.61. The Kier molecular flexibility index (Phi) is 5.18. The van der Waals surface area contributed by atoms with E-state index in [2.05, 4.69) is 46.9 Å². The van der Waals surface area contributed by atoms with Gasteiger partial charge >= 0.3 is 0 Å². The van der Waals surface area contributed by atoms with E-state index >= 15 is 0 Å². The number of aromatic nitrogens is 2. The Hall–Kier alpha value is -2.30. The van der Waals surface area contributed by atoms with Gasteiger partial charge in [-0.2, -0.15) is 4.98 Å². The van der Waals surface area contributed by atoms with Crippen molar-refractivity contribution in [3.05, 3.63) is 36.2 Å². The van der Waals surface area contributed by atoms with Gasteiger partial charge in [0, 0.05) is 12.2 Å². The second-order valence-electron chi connectivity index (χ2n) is 6.38. The fourth-order valence-electron chi connectivity index (χ4n) is 3.27. The number of ether oxygens (including phenoxy) is 1. The van der Waals surface area contributed by atoms with Gasteiger partial charge in [-0.25, -0.2) is 4.98 Å². The summed E-state index contributed by atoms with van der Waals surface area (Å²) in [6.07, 6.45) is 7.64. The Morgan fingerprint density at radius 3 is 2.71 bits per heavy atom. The van der Waals surface area contributed by atoms with E-state index in [0.717, 1.165) is 25.1 Å². The SMILES string of the molecule is CCN(c1cccc(C)c1)c1ncnc(OC2CCCCC2)c1N. The molecule has 1 aromatic carbocycles. The summed E-state index contributed by atoms with van der Waals surface area (Å²) in [6, 6.07) is 8.33. The van der Waals surface area contributed by atoms with Crippen LogP contribution in [0.3, 0.4) is 0 Å². The van der Waals surface area contributed by atoms with Crippen LogP contribution < -0.4 is 15.4 Å². The van der Waals surface area contributed by atoms with Gasteiger partial charge in [-0.1, -0.05) is 18.6 Å². The van der Waals surface area contributed by atoms with Gasteiger partial charge in [0.2, 0.25) is 5.88 Å². The lowest BCUT2D eigenvalue weighted by Gasteiger charge is -2.26. The lowest BCUT2D eigenvalue weighted by Crippen LogP contribution is -2.23. The minimum atomic E-state index is 0.220. The molecule has 1 aromatic heterocycles. The van der Waals surface area contributed by atoms with Crippen LogP contribution in [-0.4, -0.2) is 22.6 Å². The fourth-order valence-corrected chi connectivity index (χ4v) is 3.27. The number of benzene rings is 1. The van der Waals surface area contributed by atoms with Crippen molar-refractivity contribution in [2.24, 2.45) is 0 Å². The summed E-state index contributed by atoms with van der Waals surface area (Å²) in [4.78, 5) is 10.8. The first kappa shape index (κ1) is 16.6. The molecule has 0 atom stereocenters. The molecular weight excluding hydrogens is 300 g/mol. The normalized spacial score (nSPS) is 15.2. The number of hydrogen-bond acceptors (Lipinski definition) is 5. The van der Waals surface area contributed by atoms with Crippen molar-refractivity contribution < 1.29 is 4.74 Å². The van der Waals surface area contributed by atoms with Crippen LogP contribution in [0, 0.1) is 6.92 Å². The molecule has 2 N–H and O–H groups in total. The quantitative estimate of drug-likeness (QED) is 0.890. The summed E-state index contributed by atoms with van der Waals surface area (Å²) < 4.78 is 6.08. The zero-order valence-corrected chi connectivity index (χ0v) is 14.5.